The van der Waals surface area contributed by atoms with Gasteiger partial charge < -0.3 is 55.2 Å². The van der Waals surface area contributed by atoms with Gasteiger partial charge in [-0.2, -0.15) is 0 Å². The van der Waals surface area contributed by atoms with E-state index >= 15 is 0 Å². The number of carbonyl (C=O) groups excluding carboxylic acids is 1. The number of amides is 1. The Hall–Kier alpha value is -0.930. The van der Waals surface area contributed by atoms with Gasteiger partial charge in [0, 0.05) is 6.92 Å². The SMILES string of the molecule is CC(=O)N([C@@H]1[C@@H](O)[C@H](O)O[C@H](CO)[C@H]1O)[C@@H]1O[C@H](CO)[C@H](O)[C@H](O)[C@H]1O. The summed E-state index contributed by atoms with van der Waals surface area (Å²) >= 11 is 0. The Morgan fingerprint density at radius 1 is 0.808 bits per heavy atom. The van der Waals surface area contributed by atoms with E-state index in [1.807, 2.05) is 0 Å². The quantitative estimate of drug-likeness (QED) is 0.230. The number of hydrogen-bond donors (Lipinski definition) is 8. The molecule has 0 aromatic rings. The van der Waals surface area contributed by atoms with Crippen molar-refractivity contribution in [3.8, 4) is 0 Å². The van der Waals surface area contributed by atoms with Gasteiger partial charge in [-0.15, -0.1) is 0 Å². The molecule has 2 saturated heterocycles. The summed E-state index contributed by atoms with van der Waals surface area (Å²) in [5, 5.41) is 78.8. The third-order valence-electron chi connectivity index (χ3n) is 4.69. The molecule has 26 heavy (non-hydrogen) atoms. The molecule has 10 atom stereocenters. The number of aliphatic hydroxyl groups excluding tert-OH is 8. The van der Waals surface area contributed by atoms with E-state index in [1.165, 1.54) is 0 Å². The third kappa shape index (κ3) is 3.71. The Kier molecular flexibility index (Phi) is 6.90. The molecule has 2 aliphatic heterocycles. The first-order valence-corrected chi connectivity index (χ1v) is 8.05. The summed E-state index contributed by atoms with van der Waals surface area (Å²) in [6.45, 7) is -0.452. The van der Waals surface area contributed by atoms with Gasteiger partial charge in [-0.1, -0.05) is 0 Å². The van der Waals surface area contributed by atoms with Crippen molar-refractivity contribution in [2.24, 2.45) is 0 Å². The molecule has 2 heterocycles. The van der Waals surface area contributed by atoms with Crippen LogP contribution in [0.5, 0.6) is 0 Å². The maximum Gasteiger partial charge on any atom is 0.221 e. The van der Waals surface area contributed by atoms with Crippen LogP contribution in [0.4, 0.5) is 0 Å². The molecule has 152 valence electrons. The first-order chi connectivity index (χ1) is 12.1. The van der Waals surface area contributed by atoms with Gasteiger partial charge in [0.2, 0.25) is 5.91 Å². The maximum atomic E-state index is 12.2. The van der Waals surface area contributed by atoms with Gasteiger partial charge in [0.15, 0.2) is 12.5 Å². The number of carbonyl (C=O) groups is 1. The third-order valence-corrected chi connectivity index (χ3v) is 4.69. The summed E-state index contributed by atoms with van der Waals surface area (Å²) in [4.78, 5) is 12.9. The average Bonchev–Trinajstić information content (AvgIpc) is 2.60. The van der Waals surface area contributed by atoms with E-state index < -0.39 is 80.4 Å². The van der Waals surface area contributed by atoms with Crippen molar-refractivity contribution in [2.45, 2.75) is 68.2 Å². The minimum absolute atomic E-state index is 0.687. The lowest BCUT2D eigenvalue weighted by atomic mass is 9.91. The fraction of sp³-hybridized carbons (Fsp3) is 0.929. The van der Waals surface area contributed by atoms with Gasteiger partial charge in [0.05, 0.1) is 19.3 Å². The zero-order valence-electron chi connectivity index (χ0n) is 13.9. The van der Waals surface area contributed by atoms with E-state index in [9.17, 15) is 45.6 Å². The summed E-state index contributed by atoms with van der Waals surface area (Å²) in [5.74, 6) is -0.816. The molecule has 8 N–H and O–H groups in total. The summed E-state index contributed by atoms with van der Waals surface area (Å²) in [6.07, 6.45) is -15.0. The molecule has 0 spiro atoms. The van der Waals surface area contributed by atoms with Gasteiger partial charge in [0.1, 0.15) is 42.7 Å². The molecule has 1 amide bonds. The Morgan fingerprint density at radius 2 is 1.35 bits per heavy atom. The van der Waals surface area contributed by atoms with Gasteiger partial charge in [-0.05, 0) is 0 Å². The molecule has 0 aliphatic carbocycles. The second-order valence-electron chi connectivity index (χ2n) is 6.37. The molecular formula is C14H25NO11. The van der Waals surface area contributed by atoms with E-state index in [2.05, 4.69) is 0 Å². The summed E-state index contributed by atoms with van der Waals surface area (Å²) in [6, 6.07) is -1.57. The van der Waals surface area contributed by atoms with Crippen LogP contribution in [0.3, 0.4) is 0 Å². The van der Waals surface area contributed by atoms with Gasteiger partial charge in [-0.25, -0.2) is 0 Å². The molecule has 2 aliphatic rings. The second-order valence-corrected chi connectivity index (χ2v) is 6.37. The van der Waals surface area contributed by atoms with Crippen LogP contribution in [-0.2, 0) is 14.3 Å². The fourth-order valence-corrected chi connectivity index (χ4v) is 3.28. The van der Waals surface area contributed by atoms with Crippen LogP contribution in [0.15, 0.2) is 0 Å². The molecule has 2 fully saturated rings. The Morgan fingerprint density at radius 3 is 1.85 bits per heavy atom. The van der Waals surface area contributed by atoms with Crippen LogP contribution in [0.2, 0.25) is 0 Å². The number of ether oxygens (including phenoxy) is 2. The highest BCUT2D eigenvalue weighted by molar-refractivity contribution is 5.74. The maximum absolute atomic E-state index is 12.2. The van der Waals surface area contributed by atoms with Crippen molar-refractivity contribution in [2.75, 3.05) is 13.2 Å². The largest absolute Gasteiger partial charge is 0.394 e. The molecule has 12 heteroatoms. The van der Waals surface area contributed by atoms with Crippen molar-refractivity contribution in [3.05, 3.63) is 0 Å². The predicted octanol–water partition coefficient (Wildman–Crippen LogP) is -5.57. The van der Waals surface area contributed by atoms with E-state index in [0.717, 1.165) is 6.92 Å². The Labute approximate surface area is 148 Å². The lowest BCUT2D eigenvalue weighted by Crippen LogP contribution is -2.72. The van der Waals surface area contributed by atoms with Gasteiger partial charge in [-0.3, -0.25) is 4.79 Å². The smallest absolute Gasteiger partial charge is 0.221 e. The lowest BCUT2D eigenvalue weighted by molar-refractivity contribution is -0.307. The topological polar surface area (TPSA) is 201 Å². The molecule has 2 rings (SSSR count). The summed E-state index contributed by atoms with van der Waals surface area (Å²) in [7, 11) is 0. The average molecular weight is 383 g/mol. The van der Waals surface area contributed by atoms with Gasteiger partial charge in [0.25, 0.3) is 0 Å². The molecule has 0 radical (unpaired) electrons. The highest BCUT2D eigenvalue weighted by atomic mass is 16.6. The highest BCUT2D eigenvalue weighted by Crippen LogP contribution is 2.31. The van der Waals surface area contributed by atoms with Crippen LogP contribution in [-0.4, -0.2) is 126 Å². The van der Waals surface area contributed by atoms with Crippen LogP contribution in [0, 0.1) is 0 Å². The van der Waals surface area contributed by atoms with Crippen LogP contribution in [0.1, 0.15) is 6.92 Å². The molecule has 0 aromatic carbocycles. The molecule has 0 aromatic heterocycles. The minimum atomic E-state index is -1.85. The number of nitrogens with zero attached hydrogens (tertiary/aromatic N) is 1. The molecular weight excluding hydrogens is 358 g/mol. The zero-order valence-corrected chi connectivity index (χ0v) is 13.9. The normalized spacial score (nSPS) is 46.8. The first-order valence-electron chi connectivity index (χ1n) is 8.05. The monoisotopic (exact) mass is 383 g/mol. The molecule has 0 bridgehead atoms. The van der Waals surface area contributed by atoms with Crippen molar-refractivity contribution in [1.82, 2.24) is 4.90 Å². The number of aliphatic hydroxyl groups is 8. The second kappa shape index (κ2) is 8.39. The Balaban J connectivity index is 2.39. The minimum Gasteiger partial charge on any atom is -0.394 e. The number of rotatable bonds is 4. The van der Waals surface area contributed by atoms with Gasteiger partial charge >= 0.3 is 0 Å². The molecule has 0 saturated carbocycles. The van der Waals surface area contributed by atoms with E-state index in [1.54, 1.807) is 0 Å². The van der Waals surface area contributed by atoms with Crippen molar-refractivity contribution in [3.63, 3.8) is 0 Å². The van der Waals surface area contributed by atoms with Crippen molar-refractivity contribution in [1.29, 1.82) is 0 Å². The van der Waals surface area contributed by atoms with Crippen molar-refractivity contribution < 1.29 is 55.1 Å². The number of hydrogen-bond acceptors (Lipinski definition) is 11. The zero-order chi connectivity index (χ0) is 19.8. The molecule has 0 unspecified atom stereocenters. The standard InChI is InChI=1S/C14H25NO11/c1-4(18)15(7-8(19)5(2-16)26-14(24)10(7)21)13-12(23)11(22)9(20)6(3-17)25-13/h5-14,16-17,19-24H,2-3H2,1H3/t5-,6-,7+,8-,9+,10-,11+,12-,13-,14-/m1/s1. The van der Waals surface area contributed by atoms with E-state index in [-0.39, 0.29) is 0 Å². The lowest BCUT2D eigenvalue weighted by Gasteiger charge is -2.51. The predicted molar refractivity (Wildman–Crippen MR) is 80.1 cm³/mol. The van der Waals surface area contributed by atoms with Crippen LogP contribution in [0.25, 0.3) is 0 Å². The van der Waals surface area contributed by atoms with Crippen molar-refractivity contribution >= 4 is 5.91 Å². The molecule has 12 nitrogen and oxygen atoms in total. The van der Waals surface area contributed by atoms with E-state index in [4.69, 9.17) is 9.47 Å². The highest BCUT2D eigenvalue weighted by Gasteiger charge is 2.54. The van der Waals surface area contributed by atoms with E-state index in [0.29, 0.717) is 4.90 Å². The fourth-order valence-electron chi connectivity index (χ4n) is 3.28. The Bertz CT molecular complexity index is 492. The first kappa shape index (κ1) is 21.4. The van der Waals surface area contributed by atoms with Crippen LogP contribution >= 0.6 is 0 Å². The summed E-state index contributed by atoms with van der Waals surface area (Å²) in [5.41, 5.74) is 0. The van der Waals surface area contributed by atoms with Crippen LogP contribution < -0.4 is 0 Å². The summed E-state index contributed by atoms with van der Waals surface area (Å²) < 4.78 is 10.1.